The fraction of sp³-hybridized carbons (Fsp3) is 0.562. The van der Waals surface area contributed by atoms with Crippen LogP contribution < -0.4 is 10.4 Å². The largest absolute Gasteiger partial charge is 0.404 e. The summed E-state index contributed by atoms with van der Waals surface area (Å²) in [6, 6.07) is 21.7. The number of rotatable bonds is 12. The second kappa shape index (κ2) is 14.9. The molecule has 1 saturated heterocycles. The highest BCUT2D eigenvalue weighted by Gasteiger charge is 2.51. The third-order valence-electron chi connectivity index (χ3n) is 7.16. The van der Waals surface area contributed by atoms with Crippen LogP contribution in [0.25, 0.3) is 0 Å². The van der Waals surface area contributed by atoms with Gasteiger partial charge in [-0.2, -0.15) is 0 Å². The maximum atomic E-state index is 7.42. The van der Waals surface area contributed by atoms with Crippen LogP contribution in [-0.2, 0) is 18.6 Å². The molecule has 0 aromatic heterocycles. The van der Waals surface area contributed by atoms with Gasteiger partial charge in [0.2, 0.25) is 0 Å². The second-order valence-electron chi connectivity index (χ2n) is 10.9. The maximum Gasteiger partial charge on any atom is 0.261 e. The molecule has 1 unspecified atom stereocenters. The summed E-state index contributed by atoms with van der Waals surface area (Å²) in [6.45, 7) is 10.4. The first-order chi connectivity index (χ1) is 17.9. The van der Waals surface area contributed by atoms with Gasteiger partial charge in [0.05, 0.1) is 6.10 Å². The Morgan fingerprint density at radius 3 is 2.11 bits per heavy atom. The molecule has 1 aliphatic rings. The zero-order valence-corrected chi connectivity index (χ0v) is 24.5. The van der Waals surface area contributed by atoms with Crippen LogP contribution in [0.15, 0.2) is 60.7 Å². The molecule has 1 heterocycles. The van der Waals surface area contributed by atoms with Crippen molar-refractivity contribution in [1.82, 2.24) is 0 Å². The maximum absolute atomic E-state index is 7.42. The number of ether oxygens (including phenoxy) is 3. The van der Waals surface area contributed by atoms with E-state index in [-0.39, 0.29) is 23.5 Å². The minimum atomic E-state index is -2.62. The summed E-state index contributed by atoms with van der Waals surface area (Å²) in [4.78, 5) is 0. The van der Waals surface area contributed by atoms with E-state index < -0.39 is 8.32 Å². The molecule has 202 valence electrons. The Morgan fingerprint density at radius 2 is 1.59 bits per heavy atom. The summed E-state index contributed by atoms with van der Waals surface area (Å²) in [5.74, 6) is 6.44. The second-order valence-corrected chi connectivity index (χ2v) is 15.2. The van der Waals surface area contributed by atoms with E-state index in [1.807, 2.05) is 0 Å². The molecule has 3 atom stereocenters. The molecule has 0 radical (unpaired) electrons. The van der Waals surface area contributed by atoms with Crippen LogP contribution in [0.2, 0.25) is 5.04 Å². The lowest BCUT2D eigenvalue weighted by atomic mass is 10.1. The van der Waals surface area contributed by atoms with E-state index in [1.54, 1.807) is 7.11 Å². The van der Waals surface area contributed by atoms with Crippen molar-refractivity contribution in [2.45, 2.75) is 96.2 Å². The standard InChI is InChI=1S/C32H46O4Si/c1-6-17-28(26-27(33-5)18-13-15-24-34-31-23-14-16-25-35-31)36-37(32(2,3)4,29-19-9-7-10-20-29)30-21-11-8-12-22-30/h7-12,19-22,27-28,31H,6,14,16-18,23-26H2,1-5H3/t27-,28-,31?/m0/s1. The van der Waals surface area contributed by atoms with E-state index in [2.05, 4.69) is 100 Å². The quantitative estimate of drug-likeness (QED) is 0.250. The Morgan fingerprint density at radius 1 is 0.946 bits per heavy atom. The smallest absolute Gasteiger partial charge is 0.261 e. The van der Waals surface area contributed by atoms with Crippen molar-refractivity contribution in [3.8, 4) is 11.8 Å². The Kier molecular flexibility index (Phi) is 11.9. The lowest BCUT2D eigenvalue weighted by Gasteiger charge is -2.45. The molecule has 0 saturated carbocycles. The van der Waals surface area contributed by atoms with Crippen molar-refractivity contribution in [3.63, 3.8) is 0 Å². The molecule has 3 rings (SSSR count). The molecule has 5 heteroatoms. The van der Waals surface area contributed by atoms with Gasteiger partial charge in [-0.05, 0) is 47.5 Å². The Balaban J connectivity index is 1.78. The lowest BCUT2D eigenvalue weighted by molar-refractivity contribution is -0.154. The van der Waals surface area contributed by atoms with E-state index in [1.165, 1.54) is 10.4 Å². The SMILES string of the molecule is CCC[C@@H](C[C@H](CC#CCOC1CCCCO1)OC)O[Si](c1ccccc1)(c1ccccc1)C(C)(C)C. The van der Waals surface area contributed by atoms with Crippen LogP contribution in [0.3, 0.4) is 0 Å². The molecule has 2 aromatic carbocycles. The first-order valence-electron chi connectivity index (χ1n) is 13.9. The average molecular weight is 523 g/mol. The van der Waals surface area contributed by atoms with Gasteiger partial charge in [0.1, 0.15) is 6.61 Å². The van der Waals surface area contributed by atoms with Crippen LogP contribution in [0, 0.1) is 11.8 Å². The predicted octanol–water partition coefficient (Wildman–Crippen LogP) is 6.07. The van der Waals surface area contributed by atoms with Crippen molar-refractivity contribution < 1.29 is 18.6 Å². The van der Waals surface area contributed by atoms with Gasteiger partial charge in [0.25, 0.3) is 8.32 Å². The van der Waals surface area contributed by atoms with E-state index in [4.69, 9.17) is 18.6 Å². The van der Waals surface area contributed by atoms with Crippen molar-refractivity contribution >= 4 is 18.7 Å². The van der Waals surface area contributed by atoms with Crippen molar-refractivity contribution in [2.75, 3.05) is 20.3 Å². The molecule has 2 aromatic rings. The Bertz CT molecular complexity index is 916. The first kappa shape index (κ1) is 29.6. The summed E-state index contributed by atoms with van der Waals surface area (Å²) in [7, 11) is -0.836. The molecule has 1 aliphatic heterocycles. The van der Waals surface area contributed by atoms with Gasteiger partial charge in [0.15, 0.2) is 6.29 Å². The summed E-state index contributed by atoms with van der Waals surface area (Å²) < 4.78 is 24.7. The van der Waals surface area contributed by atoms with Crippen LogP contribution in [0.5, 0.6) is 0 Å². The molecule has 0 amide bonds. The van der Waals surface area contributed by atoms with Gasteiger partial charge < -0.3 is 18.6 Å². The van der Waals surface area contributed by atoms with E-state index >= 15 is 0 Å². The highest BCUT2D eigenvalue weighted by atomic mass is 28.4. The Labute approximate surface area is 226 Å². The van der Waals surface area contributed by atoms with Crippen molar-refractivity contribution in [3.05, 3.63) is 60.7 Å². The molecule has 0 N–H and O–H groups in total. The minimum Gasteiger partial charge on any atom is -0.404 e. The van der Waals surface area contributed by atoms with Crippen LogP contribution in [-0.4, -0.2) is 47.1 Å². The van der Waals surface area contributed by atoms with E-state index in [0.29, 0.717) is 13.0 Å². The monoisotopic (exact) mass is 522 g/mol. The first-order valence-corrected chi connectivity index (χ1v) is 15.8. The van der Waals surface area contributed by atoms with E-state index in [0.717, 1.165) is 45.1 Å². The van der Waals surface area contributed by atoms with Gasteiger partial charge in [-0.1, -0.05) is 107 Å². The number of hydrogen-bond donors (Lipinski definition) is 0. The molecular formula is C32H46O4Si. The minimum absolute atomic E-state index is 0.00759. The third-order valence-corrected chi connectivity index (χ3v) is 12.3. The highest BCUT2D eigenvalue weighted by Crippen LogP contribution is 2.38. The summed E-state index contributed by atoms with van der Waals surface area (Å²) >= 11 is 0. The van der Waals surface area contributed by atoms with Crippen molar-refractivity contribution in [2.24, 2.45) is 0 Å². The number of benzene rings is 2. The lowest BCUT2D eigenvalue weighted by Crippen LogP contribution is -2.67. The highest BCUT2D eigenvalue weighted by molar-refractivity contribution is 6.99. The molecule has 37 heavy (non-hydrogen) atoms. The zero-order chi connectivity index (χ0) is 26.6. The molecule has 0 bridgehead atoms. The average Bonchev–Trinajstić information content (AvgIpc) is 2.91. The van der Waals surface area contributed by atoms with E-state index in [9.17, 15) is 0 Å². The summed E-state index contributed by atoms with van der Waals surface area (Å²) in [6.07, 6.45) is 6.74. The summed E-state index contributed by atoms with van der Waals surface area (Å²) in [5.41, 5.74) is 0. The molecule has 0 spiro atoms. The third kappa shape index (κ3) is 8.27. The van der Waals surface area contributed by atoms with Gasteiger partial charge in [0, 0.05) is 26.2 Å². The van der Waals surface area contributed by atoms with Gasteiger partial charge >= 0.3 is 0 Å². The fourth-order valence-electron chi connectivity index (χ4n) is 5.26. The summed E-state index contributed by atoms with van der Waals surface area (Å²) in [5, 5.41) is 2.57. The number of hydrogen-bond acceptors (Lipinski definition) is 4. The fourth-order valence-corrected chi connectivity index (χ4v) is 9.99. The van der Waals surface area contributed by atoms with Crippen LogP contribution >= 0.6 is 0 Å². The van der Waals surface area contributed by atoms with Crippen LogP contribution in [0.4, 0.5) is 0 Å². The molecule has 4 nitrogen and oxygen atoms in total. The molecule has 1 fully saturated rings. The topological polar surface area (TPSA) is 36.9 Å². The molecular weight excluding hydrogens is 476 g/mol. The predicted molar refractivity (Wildman–Crippen MR) is 155 cm³/mol. The molecule has 0 aliphatic carbocycles. The van der Waals surface area contributed by atoms with Gasteiger partial charge in [-0.15, -0.1) is 0 Å². The zero-order valence-electron chi connectivity index (χ0n) is 23.5. The normalized spacial score (nSPS) is 18.0. The number of methoxy groups -OCH3 is 1. The Hall–Kier alpha value is -1.94. The van der Waals surface area contributed by atoms with Gasteiger partial charge in [-0.3, -0.25) is 0 Å². The van der Waals surface area contributed by atoms with Crippen molar-refractivity contribution in [1.29, 1.82) is 0 Å². The van der Waals surface area contributed by atoms with Gasteiger partial charge in [-0.25, -0.2) is 0 Å². The van der Waals surface area contributed by atoms with Crippen LogP contribution in [0.1, 0.15) is 72.6 Å².